The molecule has 0 aliphatic heterocycles. The molecule has 134 valence electrons. The molecule has 0 aliphatic carbocycles. The summed E-state index contributed by atoms with van der Waals surface area (Å²) >= 11 is 0. The third kappa shape index (κ3) is 3.42. The zero-order chi connectivity index (χ0) is 18.8. The quantitative estimate of drug-likeness (QED) is 0.608. The molecule has 0 fully saturated rings. The Morgan fingerprint density at radius 2 is 1.96 bits per heavy atom. The van der Waals surface area contributed by atoms with E-state index in [1.165, 1.54) is 5.56 Å². The van der Waals surface area contributed by atoms with Crippen LogP contribution in [0.25, 0.3) is 16.9 Å². The summed E-state index contributed by atoms with van der Waals surface area (Å²) in [4.78, 5) is 17.0. The molecule has 0 unspecified atom stereocenters. The van der Waals surface area contributed by atoms with Gasteiger partial charge in [-0.1, -0.05) is 41.1 Å². The van der Waals surface area contributed by atoms with E-state index in [1.54, 1.807) is 10.9 Å². The molecule has 0 spiro atoms. The molecule has 2 aromatic carbocycles. The van der Waals surface area contributed by atoms with Crippen molar-refractivity contribution in [1.82, 2.24) is 25.3 Å². The molecule has 0 atom stereocenters. The monoisotopic (exact) mass is 357 g/mol. The second-order valence-corrected chi connectivity index (χ2v) is 6.52. The Kier molecular flexibility index (Phi) is 4.38. The van der Waals surface area contributed by atoms with Crippen LogP contribution in [0.4, 0.5) is 0 Å². The minimum absolute atomic E-state index is 0.130. The van der Waals surface area contributed by atoms with Gasteiger partial charge in [-0.3, -0.25) is 4.79 Å². The molecule has 4 rings (SSSR count). The summed E-state index contributed by atoms with van der Waals surface area (Å²) in [5.74, 6) is -0.130. The number of aromatic nitrogens is 4. The highest BCUT2D eigenvalue weighted by atomic mass is 16.1. The number of fused-ring (bicyclic) bond motifs is 1. The van der Waals surface area contributed by atoms with Gasteiger partial charge >= 0.3 is 0 Å². The normalized spacial score (nSPS) is 10.9. The third-order valence-electron chi connectivity index (χ3n) is 4.44. The van der Waals surface area contributed by atoms with Crippen LogP contribution in [0.1, 0.15) is 27.0 Å². The summed E-state index contributed by atoms with van der Waals surface area (Å²) in [6.45, 7) is 4.49. The molecule has 4 aromatic rings. The number of aryl methyl sites for hydroxylation is 2. The van der Waals surface area contributed by atoms with Gasteiger partial charge in [-0.15, -0.1) is 5.10 Å². The maximum atomic E-state index is 12.6. The standard InChI is InChI=1S/C21H19N5O/c1-14-5-3-6-16(11-14)13-23-21(27)17-9-8-15(2)19(12-17)26-20-18(24-25-26)7-4-10-22-20/h3-12H,13H2,1-2H3,(H,23,27). The van der Waals surface area contributed by atoms with Gasteiger partial charge in [0.05, 0.1) is 5.69 Å². The van der Waals surface area contributed by atoms with Crippen LogP contribution < -0.4 is 5.32 Å². The summed E-state index contributed by atoms with van der Waals surface area (Å²) in [5.41, 5.74) is 5.97. The number of benzene rings is 2. The first-order chi connectivity index (χ1) is 13.1. The lowest BCUT2D eigenvalue weighted by molar-refractivity contribution is 0.0951. The van der Waals surface area contributed by atoms with E-state index in [4.69, 9.17) is 0 Å². The zero-order valence-electron chi connectivity index (χ0n) is 15.2. The number of carbonyl (C=O) groups is 1. The van der Waals surface area contributed by atoms with E-state index in [-0.39, 0.29) is 5.91 Å². The van der Waals surface area contributed by atoms with E-state index in [0.29, 0.717) is 23.3 Å². The Morgan fingerprint density at radius 3 is 2.81 bits per heavy atom. The molecule has 0 saturated carbocycles. The fraction of sp³-hybridized carbons (Fsp3) is 0.143. The van der Waals surface area contributed by atoms with Crippen molar-refractivity contribution in [3.8, 4) is 5.69 Å². The highest BCUT2D eigenvalue weighted by Gasteiger charge is 2.13. The molecule has 1 N–H and O–H groups in total. The highest BCUT2D eigenvalue weighted by molar-refractivity contribution is 5.95. The highest BCUT2D eigenvalue weighted by Crippen LogP contribution is 2.19. The number of amides is 1. The molecule has 6 heteroatoms. The number of pyridine rings is 1. The molecule has 27 heavy (non-hydrogen) atoms. The number of nitrogens with one attached hydrogen (secondary N) is 1. The Hall–Kier alpha value is -3.54. The van der Waals surface area contributed by atoms with Crippen LogP contribution in [0.2, 0.25) is 0 Å². The lowest BCUT2D eigenvalue weighted by Gasteiger charge is -2.10. The van der Waals surface area contributed by atoms with E-state index < -0.39 is 0 Å². The zero-order valence-corrected chi connectivity index (χ0v) is 15.2. The van der Waals surface area contributed by atoms with Crippen LogP contribution in [0.5, 0.6) is 0 Å². The second kappa shape index (κ2) is 6.99. The number of carbonyl (C=O) groups excluding carboxylic acids is 1. The minimum atomic E-state index is -0.130. The van der Waals surface area contributed by atoms with Crippen LogP contribution in [-0.2, 0) is 6.54 Å². The van der Waals surface area contributed by atoms with Gasteiger partial charge in [0, 0.05) is 18.3 Å². The van der Waals surface area contributed by atoms with Crippen LogP contribution in [0.15, 0.2) is 60.8 Å². The number of hydrogen-bond acceptors (Lipinski definition) is 4. The largest absolute Gasteiger partial charge is 0.348 e. The molecule has 2 aromatic heterocycles. The first kappa shape index (κ1) is 16.9. The van der Waals surface area contributed by atoms with Gasteiger partial charge < -0.3 is 5.32 Å². The Morgan fingerprint density at radius 1 is 1.07 bits per heavy atom. The molecule has 0 saturated heterocycles. The molecular formula is C21H19N5O. The van der Waals surface area contributed by atoms with E-state index >= 15 is 0 Å². The van der Waals surface area contributed by atoms with Crippen molar-refractivity contribution in [3.63, 3.8) is 0 Å². The topological polar surface area (TPSA) is 72.7 Å². The van der Waals surface area contributed by atoms with Crippen molar-refractivity contribution in [2.24, 2.45) is 0 Å². The molecule has 0 aliphatic rings. The lowest BCUT2D eigenvalue weighted by Crippen LogP contribution is -2.23. The van der Waals surface area contributed by atoms with Gasteiger partial charge in [-0.05, 0) is 49.2 Å². The first-order valence-corrected chi connectivity index (χ1v) is 8.73. The van der Waals surface area contributed by atoms with Crippen LogP contribution in [0.3, 0.4) is 0 Å². The molecular weight excluding hydrogens is 338 g/mol. The van der Waals surface area contributed by atoms with Crippen molar-refractivity contribution in [1.29, 1.82) is 0 Å². The molecule has 0 radical (unpaired) electrons. The van der Waals surface area contributed by atoms with Gasteiger partial charge in [-0.25, -0.2) is 4.98 Å². The maximum Gasteiger partial charge on any atom is 0.251 e. The summed E-state index contributed by atoms with van der Waals surface area (Å²) in [6.07, 6.45) is 1.70. The first-order valence-electron chi connectivity index (χ1n) is 8.73. The third-order valence-corrected chi connectivity index (χ3v) is 4.44. The van der Waals surface area contributed by atoms with E-state index in [2.05, 4.69) is 26.7 Å². The van der Waals surface area contributed by atoms with Gasteiger partial charge in [0.1, 0.15) is 5.52 Å². The molecule has 0 bridgehead atoms. The van der Waals surface area contributed by atoms with E-state index in [1.807, 2.05) is 62.4 Å². The van der Waals surface area contributed by atoms with Crippen LogP contribution >= 0.6 is 0 Å². The van der Waals surface area contributed by atoms with Gasteiger partial charge in [0.15, 0.2) is 5.65 Å². The second-order valence-electron chi connectivity index (χ2n) is 6.52. The molecule has 1 amide bonds. The van der Waals surface area contributed by atoms with Crippen molar-refractivity contribution in [2.45, 2.75) is 20.4 Å². The molecule has 2 heterocycles. The summed E-state index contributed by atoms with van der Waals surface area (Å²) in [7, 11) is 0. The fourth-order valence-electron chi connectivity index (χ4n) is 3.01. The maximum absolute atomic E-state index is 12.6. The van der Waals surface area contributed by atoms with E-state index in [9.17, 15) is 4.79 Å². The van der Waals surface area contributed by atoms with Crippen molar-refractivity contribution in [2.75, 3.05) is 0 Å². The Labute approximate surface area is 156 Å². The smallest absolute Gasteiger partial charge is 0.251 e. The number of rotatable bonds is 4. The Bertz CT molecular complexity index is 1130. The van der Waals surface area contributed by atoms with Crippen molar-refractivity contribution >= 4 is 17.1 Å². The number of nitrogens with zero attached hydrogens (tertiary/aromatic N) is 4. The predicted molar refractivity (Wildman–Crippen MR) is 104 cm³/mol. The number of hydrogen-bond donors (Lipinski definition) is 1. The van der Waals surface area contributed by atoms with Crippen LogP contribution in [0, 0.1) is 13.8 Å². The average molecular weight is 357 g/mol. The van der Waals surface area contributed by atoms with Gasteiger partial charge in [-0.2, -0.15) is 4.68 Å². The van der Waals surface area contributed by atoms with Gasteiger partial charge in [0.2, 0.25) is 0 Å². The lowest BCUT2D eigenvalue weighted by atomic mass is 10.1. The van der Waals surface area contributed by atoms with Crippen molar-refractivity contribution < 1.29 is 4.79 Å². The summed E-state index contributed by atoms with van der Waals surface area (Å²) in [6, 6.07) is 17.3. The van der Waals surface area contributed by atoms with E-state index in [0.717, 1.165) is 16.8 Å². The molecule has 6 nitrogen and oxygen atoms in total. The van der Waals surface area contributed by atoms with Crippen molar-refractivity contribution in [3.05, 3.63) is 83.0 Å². The summed E-state index contributed by atoms with van der Waals surface area (Å²) < 4.78 is 1.67. The minimum Gasteiger partial charge on any atom is -0.348 e. The van der Waals surface area contributed by atoms with Gasteiger partial charge in [0.25, 0.3) is 5.91 Å². The van der Waals surface area contributed by atoms with Crippen LogP contribution in [-0.4, -0.2) is 25.9 Å². The predicted octanol–water partition coefficient (Wildman–Crippen LogP) is 3.36. The summed E-state index contributed by atoms with van der Waals surface area (Å²) in [5, 5.41) is 11.3. The Balaban J connectivity index is 1.61. The fourth-order valence-corrected chi connectivity index (χ4v) is 3.01. The average Bonchev–Trinajstić information content (AvgIpc) is 3.10. The SMILES string of the molecule is Cc1cccc(CNC(=O)c2ccc(C)c(-n3nnc4cccnc43)c2)c1.